The molecule has 0 atom stereocenters. The summed E-state index contributed by atoms with van der Waals surface area (Å²) in [6.07, 6.45) is 0. The van der Waals surface area contributed by atoms with E-state index in [0.29, 0.717) is 52.8 Å². The van der Waals surface area contributed by atoms with Crippen molar-refractivity contribution < 1.29 is 23.8 Å². The molecular formula is C20H23Cl2N3O5. The number of hydrazine groups is 1. The largest absolute Gasteiger partial charge is 0.490 e. The van der Waals surface area contributed by atoms with Crippen LogP contribution < -0.4 is 30.4 Å². The fourth-order valence-electron chi connectivity index (χ4n) is 2.44. The quantitative estimate of drug-likeness (QED) is 0.502. The van der Waals surface area contributed by atoms with Gasteiger partial charge < -0.3 is 19.5 Å². The van der Waals surface area contributed by atoms with E-state index in [1.54, 1.807) is 12.1 Å². The second kappa shape index (κ2) is 11.4. The molecule has 0 heterocycles. The van der Waals surface area contributed by atoms with Crippen molar-refractivity contribution in [2.75, 3.05) is 25.1 Å². The number of ether oxygens (including phenoxy) is 3. The van der Waals surface area contributed by atoms with Gasteiger partial charge in [-0.25, -0.2) is 10.2 Å². The minimum Gasteiger partial charge on any atom is -0.490 e. The topological polar surface area (TPSA) is 97.9 Å². The van der Waals surface area contributed by atoms with Crippen molar-refractivity contribution in [3.05, 3.63) is 45.9 Å². The Morgan fingerprint density at radius 1 is 0.833 bits per heavy atom. The highest BCUT2D eigenvalue weighted by atomic mass is 35.5. The van der Waals surface area contributed by atoms with Crippen LogP contribution in [0.1, 0.15) is 31.1 Å². The van der Waals surface area contributed by atoms with Crippen LogP contribution in [0.4, 0.5) is 10.5 Å². The first-order valence-corrected chi connectivity index (χ1v) is 10.0. The van der Waals surface area contributed by atoms with E-state index in [-0.39, 0.29) is 5.56 Å². The molecule has 2 rings (SSSR count). The Kier molecular flexibility index (Phi) is 8.89. The molecule has 0 aliphatic carbocycles. The Bertz CT molecular complexity index is 881. The van der Waals surface area contributed by atoms with Crippen LogP contribution in [0.2, 0.25) is 10.0 Å². The van der Waals surface area contributed by atoms with Gasteiger partial charge >= 0.3 is 6.03 Å². The molecule has 0 aliphatic heterocycles. The maximum absolute atomic E-state index is 12.5. The number of nitrogens with one attached hydrogen (secondary N) is 3. The van der Waals surface area contributed by atoms with E-state index >= 15 is 0 Å². The Labute approximate surface area is 184 Å². The Hall–Kier alpha value is -2.84. The van der Waals surface area contributed by atoms with Crippen LogP contribution in [0.15, 0.2) is 30.3 Å². The number of rotatable bonds is 8. The van der Waals surface area contributed by atoms with E-state index in [4.69, 9.17) is 37.4 Å². The van der Waals surface area contributed by atoms with E-state index in [9.17, 15) is 9.59 Å². The second-order valence-electron chi connectivity index (χ2n) is 5.76. The van der Waals surface area contributed by atoms with E-state index in [1.807, 2.05) is 20.8 Å². The van der Waals surface area contributed by atoms with Crippen LogP contribution in [0.3, 0.4) is 0 Å². The summed E-state index contributed by atoms with van der Waals surface area (Å²) in [7, 11) is 0. The van der Waals surface area contributed by atoms with Crippen molar-refractivity contribution >= 4 is 40.8 Å². The molecule has 162 valence electrons. The zero-order valence-corrected chi connectivity index (χ0v) is 18.3. The molecule has 0 fully saturated rings. The zero-order chi connectivity index (χ0) is 22.1. The van der Waals surface area contributed by atoms with Gasteiger partial charge in [0.05, 0.1) is 29.9 Å². The van der Waals surface area contributed by atoms with Crippen LogP contribution in [0.5, 0.6) is 17.2 Å². The summed E-state index contributed by atoms with van der Waals surface area (Å²) in [5.41, 5.74) is 5.22. The molecule has 8 nitrogen and oxygen atoms in total. The maximum Gasteiger partial charge on any atom is 0.337 e. The summed E-state index contributed by atoms with van der Waals surface area (Å²) in [6.45, 7) is 6.63. The lowest BCUT2D eigenvalue weighted by Crippen LogP contribution is -2.43. The number of anilines is 1. The molecule has 2 aromatic carbocycles. The predicted octanol–water partition coefficient (Wildman–Crippen LogP) is 4.66. The van der Waals surface area contributed by atoms with E-state index < -0.39 is 11.9 Å². The number of carbonyl (C=O) groups excluding carboxylic acids is 2. The SMILES string of the molecule is CCOc1cc(C(=O)NNC(=O)Nc2ccc(Cl)c(Cl)c2)cc(OCC)c1OCC. The van der Waals surface area contributed by atoms with Crippen molar-refractivity contribution in [1.29, 1.82) is 0 Å². The molecule has 3 amide bonds. The van der Waals surface area contributed by atoms with Crippen LogP contribution in [-0.4, -0.2) is 31.8 Å². The third-order valence-corrected chi connectivity index (χ3v) is 4.38. The van der Waals surface area contributed by atoms with Crippen molar-refractivity contribution in [3.8, 4) is 17.2 Å². The van der Waals surface area contributed by atoms with Gasteiger partial charge in [-0.1, -0.05) is 23.2 Å². The molecule has 0 saturated carbocycles. The first kappa shape index (κ1) is 23.4. The van der Waals surface area contributed by atoms with Crippen molar-refractivity contribution in [2.24, 2.45) is 0 Å². The fraction of sp³-hybridized carbons (Fsp3) is 0.300. The van der Waals surface area contributed by atoms with Crippen LogP contribution in [0.25, 0.3) is 0 Å². The Morgan fingerprint density at radius 2 is 1.43 bits per heavy atom. The molecular weight excluding hydrogens is 433 g/mol. The van der Waals surface area contributed by atoms with Gasteiger partial charge in [-0.15, -0.1) is 0 Å². The molecule has 3 N–H and O–H groups in total. The number of halogens is 2. The summed E-state index contributed by atoms with van der Waals surface area (Å²) in [6, 6.07) is 6.98. The zero-order valence-electron chi connectivity index (χ0n) is 16.8. The lowest BCUT2D eigenvalue weighted by atomic mass is 10.1. The first-order chi connectivity index (χ1) is 14.4. The van der Waals surface area contributed by atoms with Gasteiger partial charge in [0.25, 0.3) is 5.91 Å². The summed E-state index contributed by atoms with van der Waals surface area (Å²) >= 11 is 11.8. The van der Waals surface area contributed by atoms with Gasteiger partial charge in [0.15, 0.2) is 11.5 Å². The van der Waals surface area contributed by atoms with E-state index in [1.165, 1.54) is 18.2 Å². The van der Waals surface area contributed by atoms with Gasteiger partial charge in [-0.2, -0.15) is 0 Å². The third kappa shape index (κ3) is 6.33. The van der Waals surface area contributed by atoms with Crippen molar-refractivity contribution in [3.63, 3.8) is 0 Å². The van der Waals surface area contributed by atoms with Crippen LogP contribution in [0, 0.1) is 0 Å². The minimum absolute atomic E-state index is 0.222. The average molecular weight is 456 g/mol. The summed E-state index contributed by atoms with van der Waals surface area (Å²) in [5.74, 6) is 0.596. The molecule has 0 spiro atoms. The highest BCUT2D eigenvalue weighted by Gasteiger charge is 2.18. The van der Waals surface area contributed by atoms with Crippen LogP contribution >= 0.6 is 23.2 Å². The minimum atomic E-state index is -0.664. The van der Waals surface area contributed by atoms with Gasteiger partial charge in [-0.05, 0) is 51.1 Å². The normalized spacial score (nSPS) is 10.2. The lowest BCUT2D eigenvalue weighted by Gasteiger charge is -2.17. The van der Waals surface area contributed by atoms with Crippen molar-refractivity contribution in [1.82, 2.24) is 10.9 Å². The average Bonchev–Trinajstić information content (AvgIpc) is 2.71. The molecule has 0 radical (unpaired) electrons. The number of hydrogen-bond donors (Lipinski definition) is 3. The molecule has 0 saturated heterocycles. The van der Waals surface area contributed by atoms with Gasteiger partial charge in [0, 0.05) is 11.3 Å². The van der Waals surface area contributed by atoms with Gasteiger partial charge in [0.1, 0.15) is 0 Å². The number of carbonyl (C=O) groups is 2. The molecule has 2 aromatic rings. The second-order valence-corrected chi connectivity index (χ2v) is 6.58. The molecule has 0 aromatic heterocycles. The third-order valence-electron chi connectivity index (χ3n) is 3.64. The molecule has 10 heteroatoms. The van der Waals surface area contributed by atoms with E-state index in [2.05, 4.69) is 16.2 Å². The van der Waals surface area contributed by atoms with Gasteiger partial charge in [-0.3, -0.25) is 10.2 Å². The van der Waals surface area contributed by atoms with Crippen molar-refractivity contribution in [2.45, 2.75) is 20.8 Å². The standard InChI is InChI=1S/C20H23Cl2N3O5/c1-4-28-16-9-12(10-17(29-5-2)18(16)30-6-3)19(26)24-25-20(27)23-13-7-8-14(21)15(22)11-13/h7-11H,4-6H2,1-3H3,(H,24,26)(H2,23,25,27). The number of amides is 3. The summed E-state index contributed by atoms with van der Waals surface area (Å²) in [5, 5.41) is 3.18. The first-order valence-electron chi connectivity index (χ1n) is 9.28. The summed E-state index contributed by atoms with van der Waals surface area (Å²) in [4.78, 5) is 24.6. The van der Waals surface area contributed by atoms with Crippen LogP contribution in [-0.2, 0) is 0 Å². The number of hydrogen-bond acceptors (Lipinski definition) is 5. The number of benzene rings is 2. The molecule has 0 unspecified atom stereocenters. The molecule has 0 aliphatic rings. The smallest absolute Gasteiger partial charge is 0.337 e. The monoisotopic (exact) mass is 455 g/mol. The number of urea groups is 1. The summed E-state index contributed by atoms with van der Waals surface area (Å²) < 4.78 is 16.8. The highest BCUT2D eigenvalue weighted by molar-refractivity contribution is 6.42. The Balaban J connectivity index is 2.11. The highest BCUT2D eigenvalue weighted by Crippen LogP contribution is 2.39. The lowest BCUT2D eigenvalue weighted by molar-refractivity contribution is 0.0936. The van der Waals surface area contributed by atoms with E-state index in [0.717, 1.165) is 0 Å². The maximum atomic E-state index is 12.5. The molecule has 30 heavy (non-hydrogen) atoms. The predicted molar refractivity (Wildman–Crippen MR) is 116 cm³/mol. The van der Waals surface area contributed by atoms with Gasteiger partial charge in [0.2, 0.25) is 5.75 Å². The Morgan fingerprint density at radius 3 is 1.97 bits per heavy atom. The fourth-order valence-corrected chi connectivity index (χ4v) is 2.74. The molecule has 0 bridgehead atoms.